The van der Waals surface area contributed by atoms with Crippen molar-refractivity contribution >= 4 is 15.9 Å². The summed E-state index contributed by atoms with van der Waals surface area (Å²) in [5.41, 5.74) is 2.21. The molecule has 8 nitrogen and oxygen atoms in total. The van der Waals surface area contributed by atoms with Gasteiger partial charge < -0.3 is 16.0 Å². The van der Waals surface area contributed by atoms with Gasteiger partial charge in [-0.15, -0.1) is 0 Å². The topological polar surface area (TPSA) is 112 Å². The van der Waals surface area contributed by atoms with Crippen LogP contribution in [0.5, 0.6) is 0 Å². The highest BCUT2D eigenvalue weighted by atomic mass is 32.2. The van der Waals surface area contributed by atoms with E-state index < -0.39 is 16.1 Å². The van der Waals surface area contributed by atoms with Crippen molar-refractivity contribution in [1.82, 2.24) is 25.7 Å². The Morgan fingerprint density at radius 3 is 2.43 bits per heavy atom. The standard InChI is InChI=1S/C26H39N5O3S/c1-21(31-35(33,34)25-9-5-14-28-20-25)17-26(32)30-19-23-12-10-22(11-13-23)18-27-15-6-16-29-24-7-3-2-4-8-24/h5,9-14,20-21,24,27,29,31H,2-4,6-8,15-19H2,1H3,(H,30,32)/t21-/m0/s1. The zero-order chi connectivity index (χ0) is 24.9. The number of pyridine rings is 1. The number of sulfonamides is 1. The molecule has 1 saturated carbocycles. The van der Waals surface area contributed by atoms with E-state index in [9.17, 15) is 13.2 Å². The molecule has 1 aliphatic rings. The first kappa shape index (κ1) is 27.3. The highest BCUT2D eigenvalue weighted by molar-refractivity contribution is 7.89. The van der Waals surface area contributed by atoms with E-state index in [2.05, 4.69) is 37.8 Å². The van der Waals surface area contributed by atoms with Gasteiger partial charge in [-0.3, -0.25) is 9.78 Å². The third-order valence-electron chi connectivity index (χ3n) is 6.20. The van der Waals surface area contributed by atoms with Gasteiger partial charge >= 0.3 is 0 Å². The lowest BCUT2D eigenvalue weighted by atomic mass is 9.95. The van der Waals surface area contributed by atoms with Crippen LogP contribution in [0.15, 0.2) is 53.7 Å². The summed E-state index contributed by atoms with van der Waals surface area (Å²) < 4.78 is 27.2. The number of carbonyl (C=O) groups excluding carboxylic acids is 1. The first-order valence-electron chi connectivity index (χ1n) is 12.6. The summed E-state index contributed by atoms with van der Waals surface area (Å²) in [7, 11) is -3.70. The molecule has 4 N–H and O–H groups in total. The van der Waals surface area contributed by atoms with Gasteiger partial charge in [-0.2, -0.15) is 0 Å². The predicted molar refractivity (Wildman–Crippen MR) is 138 cm³/mol. The van der Waals surface area contributed by atoms with Gasteiger partial charge in [0.2, 0.25) is 15.9 Å². The van der Waals surface area contributed by atoms with Gasteiger partial charge in [0, 0.05) is 44.0 Å². The Hall–Kier alpha value is -2.33. The highest BCUT2D eigenvalue weighted by Gasteiger charge is 2.19. The first-order chi connectivity index (χ1) is 16.9. The molecule has 0 bridgehead atoms. The molecule has 0 aliphatic heterocycles. The van der Waals surface area contributed by atoms with E-state index in [1.807, 2.05) is 12.1 Å². The summed E-state index contributed by atoms with van der Waals surface area (Å²) >= 11 is 0. The summed E-state index contributed by atoms with van der Waals surface area (Å²) in [5.74, 6) is -0.209. The zero-order valence-corrected chi connectivity index (χ0v) is 21.4. The molecule has 1 fully saturated rings. The van der Waals surface area contributed by atoms with Crippen molar-refractivity contribution in [3.63, 3.8) is 0 Å². The van der Waals surface area contributed by atoms with Gasteiger partial charge in [0.05, 0.1) is 0 Å². The van der Waals surface area contributed by atoms with Crippen molar-refractivity contribution < 1.29 is 13.2 Å². The van der Waals surface area contributed by atoms with Crippen molar-refractivity contribution in [2.75, 3.05) is 13.1 Å². The smallest absolute Gasteiger partial charge is 0.242 e. The number of rotatable bonds is 14. The maximum Gasteiger partial charge on any atom is 0.242 e. The number of carbonyl (C=O) groups is 1. The van der Waals surface area contributed by atoms with Crippen LogP contribution in [0.3, 0.4) is 0 Å². The van der Waals surface area contributed by atoms with Crippen LogP contribution < -0.4 is 20.7 Å². The third-order valence-corrected chi connectivity index (χ3v) is 7.78. The molecule has 0 unspecified atom stereocenters. The van der Waals surface area contributed by atoms with Gasteiger partial charge in [-0.05, 0) is 62.5 Å². The van der Waals surface area contributed by atoms with Gasteiger partial charge in [0.1, 0.15) is 4.90 Å². The van der Waals surface area contributed by atoms with E-state index >= 15 is 0 Å². The molecule has 1 aromatic heterocycles. The summed E-state index contributed by atoms with van der Waals surface area (Å²) in [6.07, 6.45) is 10.7. The fourth-order valence-corrected chi connectivity index (χ4v) is 5.47. The van der Waals surface area contributed by atoms with Crippen LogP contribution >= 0.6 is 0 Å². The lowest BCUT2D eigenvalue weighted by Crippen LogP contribution is -2.37. The summed E-state index contributed by atoms with van der Waals surface area (Å²) in [4.78, 5) is 16.2. The highest BCUT2D eigenvalue weighted by Crippen LogP contribution is 2.17. The van der Waals surface area contributed by atoms with Crippen molar-refractivity contribution in [1.29, 1.82) is 0 Å². The van der Waals surface area contributed by atoms with E-state index in [-0.39, 0.29) is 17.2 Å². The van der Waals surface area contributed by atoms with E-state index in [4.69, 9.17) is 0 Å². The minimum atomic E-state index is -3.70. The Bertz CT molecular complexity index is 993. The number of benzene rings is 1. The van der Waals surface area contributed by atoms with E-state index in [1.54, 1.807) is 13.0 Å². The summed E-state index contributed by atoms with van der Waals surface area (Å²) in [6, 6.07) is 11.4. The average molecular weight is 502 g/mol. The summed E-state index contributed by atoms with van der Waals surface area (Å²) in [6.45, 7) is 4.95. The maximum atomic E-state index is 12.3. The largest absolute Gasteiger partial charge is 0.352 e. The minimum absolute atomic E-state index is 0.0527. The molecule has 1 aromatic carbocycles. The van der Waals surface area contributed by atoms with Crippen LogP contribution in [0, 0.1) is 0 Å². The fraction of sp³-hybridized carbons (Fsp3) is 0.538. The molecular formula is C26H39N5O3S. The summed E-state index contributed by atoms with van der Waals surface area (Å²) in [5, 5.41) is 10.0. The number of hydrogen-bond acceptors (Lipinski definition) is 6. The minimum Gasteiger partial charge on any atom is -0.352 e. The fourth-order valence-electron chi connectivity index (χ4n) is 4.27. The van der Waals surface area contributed by atoms with E-state index in [0.717, 1.165) is 37.7 Å². The van der Waals surface area contributed by atoms with Crippen molar-refractivity contribution in [3.8, 4) is 0 Å². The SMILES string of the molecule is C[C@@H](CC(=O)NCc1ccc(CNCCCNC2CCCCC2)cc1)NS(=O)(=O)c1cccnc1. The van der Waals surface area contributed by atoms with Gasteiger partial charge in [-0.25, -0.2) is 13.1 Å². The lowest BCUT2D eigenvalue weighted by molar-refractivity contribution is -0.121. The number of aromatic nitrogens is 1. The Morgan fingerprint density at radius 2 is 1.74 bits per heavy atom. The molecule has 0 radical (unpaired) electrons. The monoisotopic (exact) mass is 501 g/mol. The maximum absolute atomic E-state index is 12.3. The average Bonchev–Trinajstić information content (AvgIpc) is 2.86. The quantitative estimate of drug-likeness (QED) is 0.296. The number of hydrogen-bond donors (Lipinski definition) is 4. The molecule has 9 heteroatoms. The normalized spacial score (nSPS) is 15.6. The molecule has 1 heterocycles. The third kappa shape index (κ3) is 10.0. The van der Waals surface area contributed by atoms with E-state index in [0.29, 0.717) is 6.54 Å². The number of nitrogens with one attached hydrogen (secondary N) is 4. The van der Waals surface area contributed by atoms with Crippen LogP contribution in [0.1, 0.15) is 63.0 Å². The second kappa shape index (κ2) is 14.3. The molecular weight excluding hydrogens is 462 g/mol. The molecule has 1 amide bonds. The van der Waals surface area contributed by atoms with E-state index in [1.165, 1.54) is 56.1 Å². The van der Waals surface area contributed by atoms with Crippen LogP contribution in [-0.4, -0.2) is 44.5 Å². The molecule has 2 aromatic rings. The number of nitrogens with zero attached hydrogens (tertiary/aromatic N) is 1. The van der Waals surface area contributed by atoms with Crippen LogP contribution in [0.4, 0.5) is 0 Å². The van der Waals surface area contributed by atoms with Gasteiger partial charge in [0.25, 0.3) is 0 Å². The predicted octanol–water partition coefficient (Wildman–Crippen LogP) is 2.86. The van der Waals surface area contributed by atoms with Crippen molar-refractivity contribution in [3.05, 3.63) is 59.9 Å². The molecule has 35 heavy (non-hydrogen) atoms. The Balaban J connectivity index is 1.29. The molecule has 1 aliphatic carbocycles. The van der Waals surface area contributed by atoms with Gasteiger partial charge in [-0.1, -0.05) is 43.5 Å². The second-order valence-corrected chi connectivity index (χ2v) is 11.0. The lowest BCUT2D eigenvalue weighted by Gasteiger charge is -2.22. The van der Waals surface area contributed by atoms with Crippen molar-refractivity contribution in [2.24, 2.45) is 0 Å². The molecule has 1 atom stereocenters. The number of amides is 1. The molecule has 0 saturated heterocycles. The Morgan fingerprint density at radius 1 is 1.03 bits per heavy atom. The van der Waals surface area contributed by atoms with Crippen LogP contribution in [0.2, 0.25) is 0 Å². The van der Waals surface area contributed by atoms with Crippen molar-refractivity contribution in [2.45, 2.75) is 81.9 Å². The molecule has 0 spiro atoms. The zero-order valence-electron chi connectivity index (χ0n) is 20.6. The Labute approximate surface area is 209 Å². The second-order valence-electron chi connectivity index (χ2n) is 9.33. The Kier molecular flexibility index (Phi) is 11.1. The molecule has 192 valence electrons. The molecule has 3 rings (SSSR count). The van der Waals surface area contributed by atoms with Gasteiger partial charge in [0.15, 0.2) is 0 Å². The first-order valence-corrected chi connectivity index (χ1v) is 14.1. The van der Waals surface area contributed by atoms with Crippen LogP contribution in [0.25, 0.3) is 0 Å². The van der Waals surface area contributed by atoms with Crippen LogP contribution in [-0.2, 0) is 27.9 Å².